The van der Waals surface area contributed by atoms with Gasteiger partial charge in [-0.2, -0.15) is 0 Å². The predicted octanol–water partition coefficient (Wildman–Crippen LogP) is 4.72. The summed E-state index contributed by atoms with van der Waals surface area (Å²) in [4.78, 5) is 18.2. The van der Waals surface area contributed by atoms with Crippen LogP contribution in [0.25, 0.3) is 22.4 Å². The SMILES string of the molecule is O=C(NCC1(O)CCCc2ccccc21)c1cc(C2CC2)nc2onc(-c3ccccc3)c12. The van der Waals surface area contributed by atoms with E-state index < -0.39 is 5.60 Å². The Morgan fingerprint density at radius 3 is 2.73 bits per heavy atom. The Morgan fingerprint density at radius 1 is 1.12 bits per heavy atom. The zero-order valence-electron chi connectivity index (χ0n) is 18.3. The first-order valence-corrected chi connectivity index (χ1v) is 11.6. The fraction of sp³-hybridized carbons (Fsp3) is 0.296. The van der Waals surface area contributed by atoms with Crippen molar-refractivity contribution >= 4 is 17.0 Å². The molecule has 2 aromatic heterocycles. The van der Waals surface area contributed by atoms with Gasteiger partial charge >= 0.3 is 0 Å². The van der Waals surface area contributed by atoms with E-state index in [9.17, 15) is 9.90 Å². The van der Waals surface area contributed by atoms with Crippen LogP contribution in [0, 0.1) is 0 Å². The Morgan fingerprint density at radius 2 is 1.91 bits per heavy atom. The molecule has 6 heteroatoms. The van der Waals surface area contributed by atoms with Crippen molar-refractivity contribution < 1.29 is 14.4 Å². The minimum absolute atomic E-state index is 0.150. The number of hydrogen-bond donors (Lipinski definition) is 2. The smallest absolute Gasteiger partial charge is 0.259 e. The highest BCUT2D eigenvalue weighted by Crippen LogP contribution is 2.41. The first-order chi connectivity index (χ1) is 16.1. The van der Waals surface area contributed by atoms with E-state index in [0.29, 0.717) is 34.7 Å². The van der Waals surface area contributed by atoms with Crippen molar-refractivity contribution in [3.8, 4) is 11.3 Å². The van der Waals surface area contributed by atoms with Gasteiger partial charge in [0.1, 0.15) is 11.3 Å². The van der Waals surface area contributed by atoms with Gasteiger partial charge in [0.05, 0.1) is 17.5 Å². The molecule has 2 aliphatic carbocycles. The molecule has 33 heavy (non-hydrogen) atoms. The molecule has 0 spiro atoms. The van der Waals surface area contributed by atoms with Crippen molar-refractivity contribution in [3.05, 3.63) is 83.0 Å². The maximum absolute atomic E-state index is 13.5. The van der Waals surface area contributed by atoms with Gasteiger partial charge in [0.25, 0.3) is 11.6 Å². The van der Waals surface area contributed by atoms with Crippen molar-refractivity contribution in [2.75, 3.05) is 6.54 Å². The third-order valence-corrected chi connectivity index (χ3v) is 6.85. The molecule has 6 nitrogen and oxygen atoms in total. The van der Waals surface area contributed by atoms with E-state index in [2.05, 4.69) is 21.5 Å². The Kier molecular flexibility index (Phi) is 4.76. The number of benzene rings is 2. The Labute approximate surface area is 191 Å². The number of aliphatic hydroxyl groups is 1. The van der Waals surface area contributed by atoms with Gasteiger partial charge in [0, 0.05) is 17.2 Å². The van der Waals surface area contributed by atoms with Gasteiger partial charge in [0.15, 0.2) is 0 Å². The van der Waals surface area contributed by atoms with Gasteiger partial charge in [-0.3, -0.25) is 4.79 Å². The lowest BCUT2D eigenvalue weighted by Crippen LogP contribution is -2.43. The molecule has 2 aliphatic rings. The number of aromatic nitrogens is 2. The summed E-state index contributed by atoms with van der Waals surface area (Å²) in [5.41, 5.74) is 4.19. The lowest BCUT2D eigenvalue weighted by molar-refractivity contribution is 0.0189. The number of aryl methyl sites for hydroxylation is 1. The first-order valence-electron chi connectivity index (χ1n) is 11.6. The summed E-state index contributed by atoms with van der Waals surface area (Å²) in [6.07, 6.45) is 4.58. The summed E-state index contributed by atoms with van der Waals surface area (Å²) in [6, 6.07) is 19.5. The molecule has 2 aromatic carbocycles. The molecule has 2 N–H and O–H groups in total. The molecular formula is C27H25N3O3. The Bertz CT molecular complexity index is 1340. The number of amides is 1. The van der Waals surface area contributed by atoms with E-state index in [-0.39, 0.29) is 12.5 Å². The summed E-state index contributed by atoms with van der Waals surface area (Å²) >= 11 is 0. The molecule has 1 saturated carbocycles. The molecule has 0 saturated heterocycles. The minimum atomic E-state index is -1.08. The van der Waals surface area contributed by atoms with Gasteiger partial charge in [-0.1, -0.05) is 59.8 Å². The Balaban J connectivity index is 1.37. The zero-order chi connectivity index (χ0) is 22.4. The highest BCUT2D eigenvalue weighted by atomic mass is 16.5. The van der Waals surface area contributed by atoms with Crippen LogP contribution in [-0.2, 0) is 12.0 Å². The highest BCUT2D eigenvalue weighted by Gasteiger charge is 2.35. The number of rotatable bonds is 5. The summed E-state index contributed by atoms with van der Waals surface area (Å²) in [6.45, 7) is 0.150. The molecule has 1 unspecified atom stereocenters. The maximum atomic E-state index is 13.5. The third kappa shape index (κ3) is 3.60. The van der Waals surface area contributed by atoms with Crippen LogP contribution in [-0.4, -0.2) is 27.7 Å². The van der Waals surface area contributed by atoms with Gasteiger partial charge < -0.3 is 14.9 Å². The van der Waals surface area contributed by atoms with Gasteiger partial charge in [0.2, 0.25) is 0 Å². The van der Waals surface area contributed by atoms with Crippen LogP contribution in [0.15, 0.2) is 65.2 Å². The topological polar surface area (TPSA) is 88.2 Å². The molecule has 1 fully saturated rings. The number of fused-ring (bicyclic) bond motifs is 2. The average Bonchev–Trinajstić information content (AvgIpc) is 3.62. The normalized spacial score (nSPS) is 19.9. The second kappa shape index (κ2) is 7.81. The largest absolute Gasteiger partial charge is 0.383 e. The molecule has 0 aliphatic heterocycles. The van der Waals surface area contributed by atoms with Crippen LogP contribution >= 0.6 is 0 Å². The van der Waals surface area contributed by atoms with Crippen molar-refractivity contribution in [2.45, 2.75) is 43.6 Å². The van der Waals surface area contributed by atoms with E-state index in [1.807, 2.05) is 54.6 Å². The maximum Gasteiger partial charge on any atom is 0.259 e. The van der Waals surface area contributed by atoms with E-state index >= 15 is 0 Å². The van der Waals surface area contributed by atoms with Crippen LogP contribution in [0.2, 0.25) is 0 Å². The summed E-state index contributed by atoms with van der Waals surface area (Å²) in [5.74, 6) is 0.113. The molecule has 0 bridgehead atoms. The summed E-state index contributed by atoms with van der Waals surface area (Å²) in [5, 5.41) is 19.3. The zero-order valence-corrected chi connectivity index (χ0v) is 18.3. The quantitative estimate of drug-likeness (QED) is 0.470. The molecule has 1 atom stereocenters. The number of nitrogens with one attached hydrogen (secondary N) is 1. The fourth-order valence-electron chi connectivity index (χ4n) is 4.93. The molecule has 4 aromatic rings. The number of nitrogens with zero attached hydrogens (tertiary/aromatic N) is 2. The molecular weight excluding hydrogens is 414 g/mol. The molecule has 2 heterocycles. The van der Waals surface area contributed by atoms with Crippen molar-refractivity contribution in [3.63, 3.8) is 0 Å². The van der Waals surface area contributed by atoms with Crippen molar-refractivity contribution in [1.82, 2.24) is 15.5 Å². The van der Waals surface area contributed by atoms with Crippen LogP contribution < -0.4 is 5.32 Å². The van der Waals surface area contributed by atoms with Crippen molar-refractivity contribution in [1.29, 1.82) is 0 Å². The average molecular weight is 440 g/mol. The predicted molar refractivity (Wildman–Crippen MR) is 125 cm³/mol. The second-order valence-electron chi connectivity index (χ2n) is 9.17. The fourth-order valence-corrected chi connectivity index (χ4v) is 4.93. The third-order valence-electron chi connectivity index (χ3n) is 6.85. The van der Waals surface area contributed by atoms with E-state index in [1.54, 1.807) is 0 Å². The Hall–Kier alpha value is -3.51. The van der Waals surface area contributed by atoms with Crippen molar-refractivity contribution in [2.24, 2.45) is 0 Å². The molecule has 6 rings (SSSR count). The summed E-state index contributed by atoms with van der Waals surface area (Å²) in [7, 11) is 0. The molecule has 166 valence electrons. The highest BCUT2D eigenvalue weighted by molar-refractivity contribution is 6.09. The number of carbonyl (C=O) groups excluding carboxylic acids is 1. The van der Waals surface area contributed by atoms with Gasteiger partial charge in [-0.05, 0) is 49.3 Å². The molecule has 1 amide bonds. The van der Waals surface area contributed by atoms with Gasteiger partial charge in [-0.25, -0.2) is 4.98 Å². The number of carbonyl (C=O) groups is 1. The van der Waals surface area contributed by atoms with E-state index in [4.69, 9.17) is 4.52 Å². The van der Waals surface area contributed by atoms with E-state index in [0.717, 1.165) is 48.1 Å². The summed E-state index contributed by atoms with van der Waals surface area (Å²) < 4.78 is 5.58. The van der Waals surface area contributed by atoms with Gasteiger partial charge in [-0.15, -0.1) is 0 Å². The minimum Gasteiger partial charge on any atom is -0.383 e. The molecule has 0 radical (unpaired) electrons. The van der Waals surface area contributed by atoms with E-state index in [1.165, 1.54) is 0 Å². The lowest BCUT2D eigenvalue weighted by Gasteiger charge is -2.34. The van der Waals surface area contributed by atoms with Crippen LogP contribution in [0.3, 0.4) is 0 Å². The number of pyridine rings is 1. The van der Waals surface area contributed by atoms with Crippen LogP contribution in [0.4, 0.5) is 0 Å². The second-order valence-corrected chi connectivity index (χ2v) is 9.17. The van der Waals surface area contributed by atoms with Crippen LogP contribution in [0.5, 0.6) is 0 Å². The standard InChI is InChI=1S/C27H25N3O3/c31-25(28-16-27(32)14-6-10-17-7-4-5-11-21(17)27)20-15-22(18-12-13-18)29-26-23(20)24(30-33-26)19-8-2-1-3-9-19/h1-5,7-9,11,15,18,32H,6,10,12-14,16H2,(H,28,31). The van der Waals surface area contributed by atoms with Crippen LogP contribution in [0.1, 0.15) is 58.8 Å². The number of hydrogen-bond acceptors (Lipinski definition) is 5. The lowest BCUT2D eigenvalue weighted by atomic mass is 9.79. The first kappa shape index (κ1) is 20.1. The monoisotopic (exact) mass is 439 g/mol.